The Kier molecular flexibility index (Phi) is 6.28. The summed E-state index contributed by atoms with van der Waals surface area (Å²) in [5.74, 6) is 0.379. The molecular weight excluding hydrogens is 373 g/mol. The van der Waals surface area contributed by atoms with Crippen LogP contribution in [0.4, 0.5) is 13.2 Å². The van der Waals surface area contributed by atoms with Gasteiger partial charge in [0.1, 0.15) is 16.9 Å². The summed E-state index contributed by atoms with van der Waals surface area (Å²) in [6.07, 6.45) is -4.42. The molecule has 0 fully saturated rings. The summed E-state index contributed by atoms with van der Waals surface area (Å²) in [4.78, 5) is 19.0. The number of aliphatic hydroxyl groups excluding tert-OH is 1. The first kappa shape index (κ1) is 21.6. The Morgan fingerprint density at radius 2 is 1.89 bits per heavy atom. The number of H-pyrrole nitrogens is 1. The Balaban J connectivity index is 0.00000136. The van der Waals surface area contributed by atoms with E-state index in [1.165, 1.54) is 23.7 Å². The van der Waals surface area contributed by atoms with E-state index in [4.69, 9.17) is 0 Å². The van der Waals surface area contributed by atoms with Crippen LogP contribution in [-0.4, -0.2) is 24.9 Å². The Labute approximate surface area is 160 Å². The van der Waals surface area contributed by atoms with Crippen LogP contribution in [0.3, 0.4) is 0 Å². The van der Waals surface area contributed by atoms with E-state index in [9.17, 15) is 23.1 Å². The first-order valence-corrected chi connectivity index (χ1v) is 8.90. The molecule has 2 aromatic heterocycles. The zero-order valence-electron chi connectivity index (χ0n) is 16.3. The van der Waals surface area contributed by atoms with Crippen molar-refractivity contribution >= 4 is 11.0 Å². The smallest absolute Gasteiger partial charge is 0.390 e. The van der Waals surface area contributed by atoms with E-state index in [1.807, 2.05) is 13.8 Å². The van der Waals surface area contributed by atoms with Crippen molar-refractivity contribution in [2.24, 2.45) is 0 Å². The van der Waals surface area contributed by atoms with Gasteiger partial charge in [0, 0.05) is 0 Å². The van der Waals surface area contributed by atoms with Crippen LogP contribution >= 0.6 is 0 Å². The molecule has 152 valence electrons. The molecule has 0 aliphatic rings. The predicted molar refractivity (Wildman–Crippen MR) is 100 cm³/mol. The summed E-state index contributed by atoms with van der Waals surface area (Å²) >= 11 is 0. The normalized spacial score (nSPS) is 12.6. The average molecular weight is 396 g/mol. The second kappa shape index (κ2) is 8.14. The van der Waals surface area contributed by atoms with Crippen LogP contribution in [0.2, 0.25) is 0 Å². The van der Waals surface area contributed by atoms with Crippen LogP contribution in [0, 0.1) is 13.8 Å². The van der Waals surface area contributed by atoms with Gasteiger partial charge < -0.3 is 10.1 Å². The van der Waals surface area contributed by atoms with Gasteiger partial charge in [-0.25, -0.2) is 9.67 Å². The van der Waals surface area contributed by atoms with Gasteiger partial charge in [-0.05, 0) is 38.0 Å². The highest BCUT2D eigenvalue weighted by Gasteiger charge is 2.32. The fourth-order valence-electron chi connectivity index (χ4n) is 3.01. The van der Waals surface area contributed by atoms with Gasteiger partial charge in [-0.2, -0.15) is 18.3 Å². The van der Waals surface area contributed by atoms with Crippen molar-refractivity contribution in [1.82, 2.24) is 19.7 Å². The molecule has 1 atom stereocenters. The van der Waals surface area contributed by atoms with Crippen molar-refractivity contribution in [2.75, 3.05) is 0 Å². The summed E-state index contributed by atoms with van der Waals surface area (Å²) in [6.45, 7) is 8.31. The topological polar surface area (TPSA) is 83.8 Å². The van der Waals surface area contributed by atoms with Crippen LogP contribution in [0.5, 0.6) is 0 Å². The Bertz CT molecular complexity index is 1040. The average Bonchev–Trinajstić information content (AvgIpc) is 3.00. The monoisotopic (exact) mass is 396 g/mol. The van der Waals surface area contributed by atoms with Gasteiger partial charge in [-0.3, -0.25) is 4.79 Å². The van der Waals surface area contributed by atoms with E-state index < -0.39 is 29.9 Å². The molecule has 0 aliphatic carbocycles. The third-order valence-corrected chi connectivity index (χ3v) is 4.31. The van der Waals surface area contributed by atoms with E-state index in [0.29, 0.717) is 11.4 Å². The van der Waals surface area contributed by atoms with Crippen LogP contribution in [0.25, 0.3) is 11.0 Å². The Morgan fingerprint density at radius 1 is 1.25 bits per heavy atom. The highest BCUT2D eigenvalue weighted by molar-refractivity contribution is 5.77. The van der Waals surface area contributed by atoms with Gasteiger partial charge in [-0.1, -0.05) is 26.0 Å². The van der Waals surface area contributed by atoms with Gasteiger partial charge in [0.25, 0.3) is 5.56 Å². The van der Waals surface area contributed by atoms with Crippen molar-refractivity contribution in [3.8, 4) is 0 Å². The number of benzene rings is 1. The molecule has 0 saturated heterocycles. The largest absolute Gasteiger partial charge is 0.416 e. The van der Waals surface area contributed by atoms with E-state index >= 15 is 0 Å². The van der Waals surface area contributed by atoms with Crippen LogP contribution in [-0.2, 0) is 12.8 Å². The molecule has 9 heteroatoms. The number of rotatable bonds is 3. The molecule has 1 aromatic carbocycles. The molecule has 0 amide bonds. The minimum absolute atomic E-state index is 0.0997. The molecule has 0 saturated carbocycles. The lowest BCUT2D eigenvalue weighted by molar-refractivity contribution is -0.138. The molecule has 0 bridgehead atoms. The molecule has 6 nitrogen and oxygen atoms in total. The van der Waals surface area contributed by atoms with Gasteiger partial charge in [0.2, 0.25) is 0 Å². The van der Waals surface area contributed by atoms with Crippen molar-refractivity contribution in [2.45, 2.75) is 53.4 Å². The molecule has 28 heavy (non-hydrogen) atoms. The molecule has 0 spiro atoms. The second-order valence-electron chi connectivity index (χ2n) is 6.15. The number of nitrogens with zero attached hydrogens (tertiary/aromatic N) is 3. The lowest BCUT2D eigenvalue weighted by Crippen LogP contribution is -2.14. The van der Waals surface area contributed by atoms with E-state index in [2.05, 4.69) is 15.1 Å². The molecule has 1 unspecified atom stereocenters. The first-order valence-electron chi connectivity index (χ1n) is 8.90. The number of nitrogens with one attached hydrogen (secondary N) is 1. The number of aryl methyl sites for hydroxylation is 2. The highest BCUT2D eigenvalue weighted by Crippen LogP contribution is 2.33. The third kappa shape index (κ3) is 3.94. The summed E-state index contributed by atoms with van der Waals surface area (Å²) in [7, 11) is 0. The highest BCUT2D eigenvalue weighted by atomic mass is 19.4. The molecule has 2 heterocycles. The zero-order chi connectivity index (χ0) is 21.2. The summed E-state index contributed by atoms with van der Waals surface area (Å²) in [5, 5.41) is 13.9. The van der Waals surface area contributed by atoms with E-state index in [1.54, 1.807) is 13.8 Å². The fourth-order valence-corrected chi connectivity index (χ4v) is 3.01. The van der Waals surface area contributed by atoms with E-state index in [0.717, 1.165) is 6.07 Å². The zero-order valence-corrected chi connectivity index (χ0v) is 16.3. The van der Waals surface area contributed by atoms with Crippen molar-refractivity contribution in [3.05, 3.63) is 56.8 Å². The fraction of sp³-hybridized carbons (Fsp3) is 0.421. The van der Waals surface area contributed by atoms with Crippen molar-refractivity contribution in [1.29, 1.82) is 0 Å². The van der Waals surface area contributed by atoms with Gasteiger partial charge in [0.05, 0.1) is 18.2 Å². The second-order valence-corrected chi connectivity index (χ2v) is 6.15. The standard InChI is InChI=1S/C17H17F3N4O2.C2H6/c1-8-6-11(4-5-12(8)17(18,19)20)9(2)24-15-14(13(7-25)23-24)16(26)22-10(3)21-15;1-2/h4-6,9,25H,7H2,1-3H3,(H,21,22,26);1-2H3. The lowest BCUT2D eigenvalue weighted by atomic mass is 10.0. The predicted octanol–water partition coefficient (Wildman–Crippen LogP) is 3.88. The quantitative estimate of drug-likeness (QED) is 0.704. The maximum Gasteiger partial charge on any atom is 0.416 e. The number of alkyl halides is 3. The van der Waals surface area contributed by atoms with E-state index in [-0.39, 0.29) is 22.3 Å². The van der Waals surface area contributed by atoms with Crippen molar-refractivity contribution < 1.29 is 18.3 Å². The minimum Gasteiger partial charge on any atom is -0.390 e. The SMILES string of the molecule is CC.Cc1nc2c(c(CO)nn2C(C)c2ccc(C(F)(F)F)c(C)c2)c(=O)[nH]1. The van der Waals surface area contributed by atoms with Crippen molar-refractivity contribution in [3.63, 3.8) is 0 Å². The Morgan fingerprint density at radius 3 is 2.43 bits per heavy atom. The summed E-state index contributed by atoms with van der Waals surface area (Å²) < 4.78 is 40.3. The van der Waals surface area contributed by atoms with Gasteiger partial charge in [-0.15, -0.1) is 0 Å². The molecular formula is C19H23F3N4O2. The van der Waals surface area contributed by atoms with Gasteiger partial charge in [0.15, 0.2) is 5.65 Å². The maximum atomic E-state index is 13.0. The Hall–Kier alpha value is -2.68. The first-order chi connectivity index (χ1) is 13.1. The number of aromatic nitrogens is 4. The van der Waals surface area contributed by atoms with Crippen LogP contribution in [0.1, 0.15) is 55.0 Å². The van der Waals surface area contributed by atoms with Crippen LogP contribution < -0.4 is 5.56 Å². The molecule has 0 radical (unpaired) electrons. The summed E-state index contributed by atoms with van der Waals surface area (Å²) in [5.41, 5.74) is 0.0234. The van der Waals surface area contributed by atoms with Crippen LogP contribution in [0.15, 0.2) is 23.0 Å². The molecule has 3 rings (SSSR count). The number of fused-ring (bicyclic) bond motifs is 1. The molecule has 2 N–H and O–H groups in total. The number of hydrogen-bond acceptors (Lipinski definition) is 4. The number of aliphatic hydroxyl groups is 1. The summed E-state index contributed by atoms with van der Waals surface area (Å²) in [6, 6.07) is 3.38. The molecule has 3 aromatic rings. The maximum absolute atomic E-state index is 13.0. The molecule has 0 aliphatic heterocycles. The third-order valence-electron chi connectivity index (χ3n) is 4.31. The number of hydrogen-bond donors (Lipinski definition) is 2. The lowest BCUT2D eigenvalue weighted by Gasteiger charge is -2.17. The minimum atomic E-state index is -4.42. The number of aromatic amines is 1. The van der Waals surface area contributed by atoms with Gasteiger partial charge >= 0.3 is 6.18 Å². The number of halogens is 3.